The van der Waals surface area contributed by atoms with Crippen LogP contribution in [0, 0.1) is 0 Å². The lowest BCUT2D eigenvalue weighted by Crippen LogP contribution is -2.08. The SMILES string of the molecule is COc1cccc(C2OC2COCC2OC2c2cccc(OC)c2O)c1O. The first-order valence-electron chi connectivity index (χ1n) is 8.74. The number of ether oxygens (including phenoxy) is 5. The Hall–Kier alpha value is -2.48. The Balaban J connectivity index is 1.26. The van der Waals surface area contributed by atoms with E-state index in [2.05, 4.69) is 0 Å². The lowest BCUT2D eigenvalue weighted by atomic mass is 10.1. The van der Waals surface area contributed by atoms with Gasteiger partial charge < -0.3 is 33.9 Å². The molecule has 0 spiro atoms. The first-order chi connectivity index (χ1) is 13.1. The third-order valence-electron chi connectivity index (χ3n) is 4.84. The summed E-state index contributed by atoms with van der Waals surface area (Å²) in [6.07, 6.45) is -0.604. The summed E-state index contributed by atoms with van der Waals surface area (Å²) in [5.41, 5.74) is 1.40. The summed E-state index contributed by atoms with van der Waals surface area (Å²) in [7, 11) is 3.03. The molecule has 2 N–H and O–H groups in total. The molecule has 2 aliphatic rings. The normalized spacial score (nSPS) is 25.9. The van der Waals surface area contributed by atoms with Crippen LogP contribution in [0.25, 0.3) is 0 Å². The first kappa shape index (κ1) is 17.9. The van der Waals surface area contributed by atoms with Crippen LogP contribution in [-0.4, -0.2) is 49.9 Å². The van der Waals surface area contributed by atoms with E-state index in [1.165, 1.54) is 14.2 Å². The van der Waals surface area contributed by atoms with Crippen LogP contribution in [-0.2, 0) is 14.2 Å². The van der Waals surface area contributed by atoms with Crippen molar-refractivity contribution < 1.29 is 33.9 Å². The minimum Gasteiger partial charge on any atom is -0.504 e. The lowest BCUT2D eigenvalue weighted by Gasteiger charge is -2.07. The van der Waals surface area contributed by atoms with Crippen molar-refractivity contribution in [2.24, 2.45) is 0 Å². The number of phenols is 2. The number of hydrogen-bond donors (Lipinski definition) is 2. The second-order valence-electron chi connectivity index (χ2n) is 6.52. The molecule has 0 aromatic heterocycles. The Morgan fingerprint density at radius 2 is 1.22 bits per heavy atom. The minimum absolute atomic E-state index is 0.103. The van der Waals surface area contributed by atoms with Gasteiger partial charge in [0.1, 0.15) is 24.4 Å². The van der Waals surface area contributed by atoms with Gasteiger partial charge in [-0.15, -0.1) is 0 Å². The number of hydrogen-bond acceptors (Lipinski definition) is 7. The van der Waals surface area contributed by atoms with Crippen molar-refractivity contribution in [3.8, 4) is 23.0 Å². The van der Waals surface area contributed by atoms with E-state index in [-0.39, 0.29) is 35.9 Å². The molecule has 4 atom stereocenters. The maximum Gasteiger partial charge on any atom is 0.163 e. The first-order valence-corrected chi connectivity index (χ1v) is 8.74. The third kappa shape index (κ3) is 3.53. The summed E-state index contributed by atoms with van der Waals surface area (Å²) in [4.78, 5) is 0. The van der Waals surface area contributed by atoms with E-state index >= 15 is 0 Å². The quantitative estimate of drug-likeness (QED) is 0.686. The van der Waals surface area contributed by atoms with E-state index in [0.717, 1.165) is 0 Å². The zero-order chi connectivity index (χ0) is 19.0. The fraction of sp³-hybridized carbons (Fsp3) is 0.400. The van der Waals surface area contributed by atoms with Gasteiger partial charge in [0.05, 0.1) is 27.4 Å². The Kier molecular flexibility index (Phi) is 4.82. The van der Waals surface area contributed by atoms with Crippen molar-refractivity contribution in [2.75, 3.05) is 27.4 Å². The molecule has 2 heterocycles. The zero-order valence-electron chi connectivity index (χ0n) is 15.1. The number of aromatic hydroxyl groups is 2. The second-order valence-corrected chi connectivity index (χ2v) is 6.52. The lowest BCUT2D eigenvalue weighted by molar-refractivity contribution is 0.102. The Labute approximate surface area is 157 Å². The van der Waals surface area contributed by atoms with E-state index in [1.54, 1.807) is 12.1 Å². The van der Waals surface area contributed by atoms with Gasteiger partial charge in [-0.1, -0.05) is 24.3 Å². The minimum atomic E-state index is -0.196. The molecule has 2 saturated heterocycles. The van der Waals surface area contributed by atoms with Crippen molar-refractivity contribution in [1.82, 2.24) is 0 Å². The van der Waals surface area contributed by atoms with Crippen LogP contribution in [0.4, 0.5) is 0 Å². The van der Waals surface area contributed by atoms with Crippen LogP contribution < -0.4 is 9.47 Å². The summed E-state index contributed by atoms with van der Waals surface area (Å²) in [5, 5.41) is 20.3. The van der Waals surface area contributed by atoms with E-state index in [9.17, 15) is 10.2 Å². The molecular formula is C20H22O7. The Morgan fingerprint density at radius 3 is 1.63 bits per heavy atom. The van der Waals surface area contributed by atoms with Gasteiger partial charge in [-0.05, 0) is 12.1 Å². The van der Waals surface area contributed by atoms with E-state index in [0.29, 0.717) is 35.8 Å². The van der Waals surface area contributed by atoms with Crippen LogP contribution in [0.1, 0.15) is 23.3 Å². The standard InChI is InChI=1S/C20H22O7/c1-23-13-7-3-5-11(17(13)21)19-15(26-19)9-25-10-16-20(27-16)12-6-4-8-14(24-2)18(12)22/h3-8,15-16,19-22H,9-10H2,1-2H3. The molecule has 0 saturated carbocycles. The number of phenolic OH excluding ortho intramolecular Hbond substituents is 2. The molecule has 0 aliphatic carbocycles. The van der Waals surface area contributed by atoms with Crippen LogP contribution in [0.5, 0.6) is 23.0 Å². The van der Waals surface area contributed by atoms with Crippen LogP contribution in [0.2, 0.25) is 0 Å². The highest BCUT2D eigenvalue weighted by atomic mass is 16.6. The maximum absolute atomic E-state index is 10.2. The number of methoxy groups -OCH3 is 2. The summed E-state index contributed by atoms with van der Waals surface area (Å²) in [5.74, 6) is 1.06. The molecule has 4 rings (SSSR count). The van der Waals surface area contributed by atoms with Crippen molar-refractivity contribution in [3.63, 3.8) is 0 Å². The molecule has 27 heavy (non-hydrogen) atoms. The number of epoxide rings is 2. The molecule has 2 aromatic rings. The molecule has 0 amide bonds. The predicted molar refractivity (Wildman–Crippen MR) is 95.4 cm³/mol. The van der Waals surface area contributed by atoms with Gasteiger partial charge in [-0.3, -0.25) is 0 Å². The molecule has 2 fully saturated rings. The Bertz CT molecular complexity index is 754. The molecule has 4 unspecified atom stereocenters. The topological polar surface area (TPSA) is 93.2 Å². The fourth-order valence-corrected chi connectivity index (χ4v) is 3.25. The van der Waals surface area contributed by atoms with Crippen LogP contribution in [0.15, 0.2) is 36.4 Å². The van der Waals surface area contributed by atoms with E-state index in [4.69, 9.17) is 23.7 Å². The smallest absolute Gasteiger partial charge is 0.163 e. The van der Waals surface area contributed by atoms with E-state index < -0.39 is 0 Å². The van der Waals surface area contributed by atoms with Gasteiger partial charge >= 0.3 is 0 Å². The molecule has 7 heteroatoms. The highest BCUT2D eigenvalue weighted by molar-refractivity contribution is 5.48. The summed E-state index contributed by atoms with van der Waals surface area (Å²) in [6.45, 7) is 0.802. The highest BCUT2D eigenvalue weighted by Gasteiger charge is 2.45. The van der Waals surface area contributed by atoms with Crippen molar-refractivity contribution in [2.45, 2.75) is 24.4 Å². The summed E-state index contributed by atoms with van der Waals surface area (Å²) in [6, 6.07) is 10.7. The average Bonchev–Trinajstić information content (AvgIpc) is 3.59. The molecule has 2 aliphatic heterocycles. The zero-order valence-corrected chi connectivity index (χ0v) is 15.1. The predicted octanol–water partition coefficient (Wildman–Crippen LogP) is 2.71. The fourth-order valence-electron chi connectivity index (χ4n) is 3.25. The van der Waals surface area contributed by atoms with Crippen molar-refractivity contribution in [3.05, 3.63) is 47.5 Å². The molecule has 7 nitrogen and oxygen atoms in total. The Morgan fingerprint density at radius 1 is 0.778 bits per heavy atom. The maximum atomic E-state index is 10.2. The largest absolute Gasteiger partial charge is 0.504 e. The van der Waals surface area contributed by atoms with Gasteiger partial charge in [0.25, 0.3) is 0 Å². The van der Waals surface area contributed by atoms with Crippen molar-refractivity contribution >= 4 is 0 Å². The van der Waals surface area contributed by atoms with Crippen LogP contribution >= 0.6 is 0 Å². The summed E-state index contributed by atoms with van der Waals surface area (Å²) >= 11 is 0. The van der Waals surface area contributed by atoms with Gasteiger partial charge in [0.2, 0.25) is 0 Å². The van der Waals surface area contributed by atoms with Gasteiger partial charge in [0.15, 0.2) is 23.0 Å². The average molecular weight is 374 g/mol. The molecule has 2 aromatic carbocycles. The number of rotatable bonds is 8. The number of para-hydroxylation sites is 2. The summed E-state index contributed by atoms with van der Waals surface area (Å²) < 4.78 is 27.2. The second kappa shape index (κ2) is 7.26. The highest BCUT2D eigenvalue weighted by Crippen LogP contribution is 2.47. The number of benzene rings is 2. The van der Waals surface area contributed by atoms with Gasteiger partial charge in [-0.2, -0.15) is 0 Å². The van der Waals surface area contributed by atoms with E-state index in [1.807, 2.05) is 24.3 Å². The van der Waals surface area contributed by atoms with Gasteiger partial charge in [0, 0.05) is 11.1 Å². The molecule has 0 bridgehead atoms. The van der Waals surface area contributed by atoms with Gasteiger partial charge in [-0.25, -0.2) is 0 Å². The monoisotopic (exact) mass is 374 g/mol. The molecule has 0 radical (unpaired) electrons. The van der Waals surface area contributed by atoms with Crippen molar-refractivity contribution in [1.29, 1.82) is 0 Å². The van der Waals surface area contributed by atoms with Crippen LogP contribution in [0.3, 0.4) is 0 Å². The third-order valence-corrected chi connectivity index (χ3v) is 4.84. The molecule has 144 valence electrons. The molecular weight excluding hydrogens is 352 g/mol.